The van der Waals surface area contributed by atoms with Gasteiger partial charge in [0.15, 0.2) is 0 Å². The highest BCUT2D eigenvalue weighted by Crippen LogP contribution is 2.42. The van der Waals surface area contributed by atoms with Crippen LogP contribution in [0.25, 0.3) is 0 Å². The predicted octanol–water partition coefficient (Wildman–Crippen LogP) is 4.86. The van der Waals surface area contributed by atoms with Crippen LogP contribution < -0.4 is 9.47 Å². The van der Waals surface area contributed by atoms with E-state index in [1.165, 1.54) is 11.1 Å². The first-order valence-corrected chi connectivity index (χ1v) is 8.75. The third-order valence-electron chi connectivity index (χ3n) is 5.22. The highest BCUT2D eigenvalue weighted by Gasteiger charge is 2.49. The lowest BCUT2D eigenvalue weighted by atomic mass is 9.99. The van der Waals surface area contributed by atoms with Gasteiger partial charge in [-0.05, 0) is 45.3 Å². The Balaban J connectivity index is 1.44. The van der Waals surface area contributed by atoms with Crippen LogP contribution in [-0.4, -0.2) is 24.9 Å². The first-order chi connectivity index (χ1) is 11.0. The van der Waals surface area contributed by atoms with E-state index in [9.17, 15) is 0 Å². The second kappa shape index (κ2) is 6.56. The molecule has 3 nitrogen and oxygen atoms in total. The van der Waals surface area contributed by atoms with Gasteiger partial charge in [0.05, 0.1) is 18.3 Å². The van der Waals surface area contributed by atoms with Crippen LogP contribution in [0.15, 0.2) is 29.8 Å². The molecule has 0 N–H and O–H groups in total. The van der Waals surface area contributed by atoms with Crippen LogP contribution in [0.1, 0.15) is 58.4 Å². The number of rotatable bonds is 7. The second-order valence-corrected chi connectivity index (χ2v) is 7.08. The Bertz CT molecular complexity index is 593. The molecule has 0 amide bonds. The molecule has 3 unspecified atom stereocenters. The van der Waals surface area contributed by atoms with Crippen molar-refractivity contribution in [3.05, 3.63) is 35.4 Å². The average molecular weight is 316 g/mol. The van der Waals surface area contributed by atoms with Crippen molar-refractivity contribution in [3.63, 3.8) is 0 Å². The maximum absolute atomic E-state index is 5.83. The summed E-state index contributed by atoms with van der Waals surface area (Å²) in [5.74, 6) is 2.34. The smallest absolute Gasteiger partial charge is 0.126 e. The minimum Gasteiger partial charge on any atom is -0.493 e. The molecule has 2 aliphatic rings. The fourth-order valence-corrected chi connectivity index (χ4v) is 3.15. The van der Waals surface area contributed by atoms with Gasteiger partial charge in [-0.25, -0.2) is 0 Å². The molecule has 0 bridgehead atoms. The molecule has 0 spiro atoms. The fourth-order valence-electron chi connectivity index (χ4n) is 3.15. The number of hydrogen-bond donors (Lipinski definition) is 0. The molecule has 3 heteroatoms. The molecule has 3 rings (SSSR count). The summed E-state index contributed by atoms with van der Waals surface area (Å²) < 4.78 is 17.3. The normalized spacial score (nSPS) is 29.1. The van der Waals surface area contributed by atoms with E-state index < -0.39 is 0 Å². The van der Waals surface area contributed by atoms with E-state index in [1.807, 2.05) is 12.1 Å². The van der Waals surface area contributed by atoms with Crippen molar-refractivity contribution in [2.75, 3.05) is 13.2 Å². The molecule has 126 valence electrons. The van der Waals surface area contributed by atoms with Crippen LogP contribution in [-0.2, 0) is 4.74 Å². The van der Waals surface area contributed by atoms with E-state index in [2.05, 4.69) is 39.8 Å². The highest BCUT2D eigenvalue weighted by atomic mass is 16.6. The zero-order valence-corrected chi connectivity index (χ0v) is 14.7. The Kier molecular flexibility index (Phi) is 4.67. The lowest BCUT2D eigenvalue weighted by Gasteiger charge is -2.07. The van der Waals surface area contributed by atoms with Gasteiger partial charge >= 0.3 is 0 Å². The number of hydrogen-bond acceptors (Lipinski definition) is 3. The predicted molar refractivity (Wildman–Crippen MR) is 92.4 cm³/mol. The van der Waals surface area contributed by atoms with Gasteiger partial charge in [-0.2, -0.15) is 0 Å². The highest BCUT2D eigenvalue weighted by molar-refractivity contribution is 5.45. The van der Waals surface area contributed by atoms with Crippen molar-refractivity contribution in [2.24, 2.45) is 0 Å². The standard InChI is InChI=1S/C20H28O3/c1-5-20(4)19(23-20)9-6-14(2)10-11-21-16-7-8-17-15(3)13-22-18(17)12-16/h7-8,10,12,15,19H,5-6,9,11,13H2,1-4H3. The van der Waals surface area contributed by atoms with Gasteiger partial charge in [0, 0.05) is 17.5 Å². The summed E-state index contributed by atoms with van der Waals surface area (Å²) in [6, 6.07) is 6.17. The Morgan fingerprint density at radius 1 is 1.43 bits per heavy atom. The molecule has 1 aromatic carbocycles. The fraction of sp³-hybridized carbons (Fsp3) is 0.600. The van der Waals surface area contributed by atoms with E-state index in [1.54, 1.807) is 0 Å². The maximum atomic E-state index is 5.83. The van der Waals surface area contributed by atoms with Crippen molar-refractivity contribution in [2.45, 2.75) is 64.6 Å². The molecule has 0 radical (unpaired) electrons. The Morgan fingerprint density at radius 3 is 3.00 bits per heavy atom. The number of epoxide rings is 1. The maximum Gasteiger partial charge on any atom is 0.126 e. The average Bonchev–Trinajstić information content (AvgIpc) is 3.07. The number of allylic oxidation sites excluding steroid dienone is 1. The number of benzene rings is 1. The Hall–Kier alpha value is -1.48. The van der Waals surface area contributed by atoms with Crippen LogP contribution in [0.4, 0.5) is 0 Å². The van der Waals surface area contributed by atoms with Crippen molar-refractivity contribution in [1.82, 2.24) is 0 Å². The van der Waals surface area contributed by atoms with Gasteiger partial charge < -0.3 is 14.2 Å². The lowest BCUT2D eigenvalue weighted by Crippen LogP contribution is -2.07. The topological polar surface area (TPSA) is 31.0 Å². The van der Waals surface area contributed by atoms with E-state index in [0.29, 0.717) is 18.6 Å². The van der Waals surface area contributed by atoms with Crippen LogP contribution in [0.5, 0.6) is 11.5 Å². The number of ether oxygens (including phenoxy) is 3. The van der Waals surface area contributed by atoms with Gasteiger partial charge in [0.1, 0.15) is 18.1 Å². The van der Waals surface area contributed by atoms with Crippen molar-refractivity contribution in [1.29, 1.82) is 0 Å². The molecular weight excluding hydrogens is 288 g/mol. The Labute approximate surface area is 139 Å². The summed E-state index contributed by atoms with van der Waals surface area (Å²) in [7, 11) is 0. The quantitative estimate of drug-likeness (QED) is 0.532. The van der Waals surface area contributed by atoms with Gasteiger partial charge in [-0.1, -0.05) is 25.5 Å². The molecule has 2 aliphatic heterocycles. The van der Waals surface area contributed by atoms with Gasteiger partial charge in [0.25, 0.3) is 0 Å². The van der Waals surface area contributed by atoms with E-state index in [4.69, 9.17) is 14.2 Å². The molecule has 1 aromatic rings. The minimum atomic E-state index is 0.137. The van der Waals surface area contributed by atoms with Crippen molar-refractivity contribution in [3.8, 4) is 11.5 Å². The molecule has 1 fully saturated rings. The van der Waals surface area contributed by atoms with Crippen LogP contribution in [0, 0.1) is 0 Å². The van der Waals surface area contributed by atoms with Crippen LogP contribution >= 0.6 is 0 Å². The minimum absolute atomic E-state index is 0.137. The zero-order chi connectivity index (χ0) is 16.4. The van der Waals surface area contributed by atoms with E-state index >= 15 is 0 Å². The van der Waals surface area contributed by atoms with E-state index in [0.717, 1.165) is 37.4 Å². The Morgan fingerprint density at radius 2 is 2.26 bits per heavy atom. The summed E-state index contributed by atoms with van der Waals surface area (Å²) >= 11 is 0. The molecule has 2 heterocycles. The van der Waals surface area contributed by atoms with Crippen molar-refractivity contribution >= 4 is 0 Å². The first kappa shape index (κ1) is 16.4. The van der Waals surface area contributed by atoms with Crippen LogP contribution in [0.3, 0.4) is 0 Å². The summed E-state index contributed by atoms with van der Waals surface area (Å²) in [4.78, 5) is 0. The molecule has 0 aromatic heterocycles. The van der Waals surface area contributed by atoms with Gasteiger partial charge in [-0.3, -0.25) is 0 Å². The largest absolute Gasteiger partial charge is 0.493 e. The molecular formula is C20H28O3. The first-order valence-electron chi connectivity index (χ1n) is 8.75. The van der Waals surface area contributed by atoms with Crippen LogP contribution in [0.2, 0.25) is 0 Å². The third-order valence-corrected chi connectivity index (χ3v) is 5.22. The molecule has 1 saturated heterocycles. The van der Waals surface area contributed by atoms with Gasteiger partial charge in [-0.15, -0.1) is 0 Å². The van der Waals surface area contributed by atoms with Crippen molar-refractivity contribution < 1.29 is 14.2 Å². The van der Waals surface area contributed by atoms with Gasteiger partial charge in [0.2, 0.25) is 0 Å². The van der Waals surface area contributed by atoms with E-state index in [-0.39, 0.29) is 5.60 Å². The summed E-state index contributed by atoms with van der Waals surface area (Å²) in [6.45, 7) is 10.1. The molecule has 0 aliphatic carbocycles. The third kappa shape index (κ3) is 3.72. The monoisotopic (exact) mass is 316 g/mol. The molecule has 3 atom stereocenters. The SMILES string of the molecule is CCC1(C)OC1CCC(C)=CCOc1ccc2c(c1)OCC2C. The summed E-state index contributed by atoms with van der Waals surface area (Å²) in [6.07, 6.45) is 5.89. The zero-order valence-electron chi connectivity index (χ0n) is 14.7. The lowest BCUT2D eigenvalue weighted by molar-refractivity contribution is 0.300. The molecule has 23 heavy (non-hydrogen) atoms. The second-order valence-electron chi connectivity index (χ2n) is 7.08. The summed E-state index contributed by atoms with van der Waals surface area (Å²) in [5.41, 5.74) is 2.79. The molecule has 0 saturated carbocycles. The number of fused-ring (bicyclic) bond motifs is 1. The summed E-state index contributed by atoms with van der Waals surface area (Å²) in [5, 5.41) is 0.